The van der Waals surface area contributed by atoms with E-state index in [0.717, 1.165) is 12.8 Å². The molecule has 2 rings (SSSR count). The van der Waals surface area contributed by atoms with Crippen molar-refractivity contribution in [2.45, 2.75) is 25.8 Å². The summed E-state index contributed by atoms with van der Waals surface area (Å²) in [6.07, 6.45) is 3.30. The van der Waals surface area contributed by atoms with Gasteiger partial charge in [-0.25, -0.2) is 4.79 Å². The van der Waals surface area contributed by atoms with Gasteiger partial charge in [-0.1, -0.05) is 6.92 Å². The maximum Gasteiger partial charge on any atom is 0.335 e. The minimum atomic E-state index is -0.450. The second kappa shape index (κ2) is 5.35. The van der Waals surface area contributed by atoms with Crippen LogP contribution in [-0.4, -0.2) is 29.9 Å². The molecular formula is C13H18N2O3. The topological polar surface area (TPSA) is 76.5 Å². The van der Waals surface area contributed by atoms with Crippen LogP contribution in [0.3, 0.4) is 0 Å². The van der Waals surface area contributed by atoms with Crippen LogP contribution in [0.15, 0.2) is 27.6 Å². The number of rotatable bonds is 2. The maximum absolute atomic E-state index is 12.3. The van der Waals surface area contributed by atoms with Crippen molar-refractivity contribution < 1.29 is 9.21 Å². The predicted octanol–water partition coefficient (Wildman–Crippen LogP) is 0.839. The smallest absolute Gasteiger partial charge is 0.335 e. The minimum Gasteiger partial charge on any atom is -0.430 e. The van der Waals surface area contributed by atoms with Crippen molar-refractivity contribution in [1.29, 1.82) is 0 Å². The molecule has 0 aliphatic carbocycles. The first-order chi connectivity index (χ1) is 8.63. The number of nitrogens with two attached hydrogens (primary N) is 1. The number of hydrogen-bond acceptors (Lipinski definition) is 4. The molecule has 2 atom stereocenters. The molecule has 5 heteroatoms. The number of hydrogen-bond donors (Lipinski definition) is 1. The van der Waals surface area contributed by atoms with Crippen LogP contribution in [0.2, 0.25) is 0 Å². The van der Waals surface area contributed by atoms with Crippen LogP contribution < -0.4 is 11.4 Å². The number of nitrogens with zero attached hydrogens (tertiary/aromatic N) is 1. The number of amides is 1. The molecule has 18 heavy (non-hydrogen) atoms. The maximum atomic E-state index is 12.3. The van der Waals surface area contributed by atoms with E-state index in [4.69, 9.17) is 10.2 Å². The quantitative estimate of drug-likeness (QED) is 0.843. The summed E-state index contributed by atoms with van der Waals surface area (Å²) in [5.74, 6) is 0.296. The van der Waals surface area contributed by atoms with Gasteiger partial charge in [-0.3, -0.25) is 4.79 Å². The Morgan fingerprint density at radius 3 is 2.94 bits per heavy atom. The van der Waals surface area contributed by atoms with Crippen molar-refractivity contribution in [3.8, 4) is 0 Å². The molecule has 0 spiro atoms. The van der Waals surface area contributed by atoms with Crippen LogP contribution in [0.5, 0.6) is 0 Å². The molecule has 5 nitrogen and oxygen atoms in total. The Morgan fingerprint density at radius 1 is 1.56 bits per heavy atom. The SMILES string of the molecule is CC1CCCN(C(=O)c2ccc(=O)oc2)C1CN. The Labute approximate surface area is 106 Å². The fourth-order valence-corrected chi connectivity index (χ4v) is 2.51. The van der Waals surface area contributed by atoms with E-state index in [2.05, 4.69) is 6.92 Å². The van der Waals surface area contributed by atoms with Crippen molar-refractivity contribution in [2.24, 2.45) is 11.7 Å². The first-order valence-corrected chi connectivity index (χ1v) is 6.23. The molecule has 2 unspecified atom stereocenters. The molecule has 0 saturated carbocycles. The van der Waals surface area contributed by atoms with Crippen LogP contribution in [0.25, 0.3) is 0 Å². The summed E-state index contributed by atoms with van der Waals surface area (Å²) in [6.45, 7) is 3.29. The highest BCUT2D eigenvalue weighted by Crippen LogP contribution is 2.24. The summed E-state index contributed by atoms with van der Waals surface area (Å²) in [6, 6.07) is 2.83. The lowest BCUT2D eigenvalue weighted by molar-refractivity contribution is 0.0530. The minimum absolute atomic E-state index is 0.0678. The third-order valence-electron chi connectivity index (χ3n) is 3.57. The zero-order valence-electron chi connectivity index (χ0n) is 10.5. The van der Waals surface area contributed by atoms with Gasteiger partial charge in [-0.05, 0) is 24.8 Å². The number of piperidine rings is 1. The molecule has 2 N–H and O–H groups in total. The summed E-state index contributed by atoms with van der Waals surface area (Å²) >= 11 is 0. The van der Waals surface area contributed by atoms with E-state index in [1.807, 2.05) is 0 Å². The van der Waals surface area contributed by atoms with Crippen molar-refractivity contribution in [2.75, 3.05) is 13.1 Å². The Kier molecular flexibility index (Phi) is 3.81. The molecule has 1 aliphatic rings. The lowest BCUT2D eigenvalue weighted by atomic mass is 9.90. The molecule has 1 saturated heterocycles. The second-order valence-corrected chi connectivity index (χ2v) is 4.76. The Balaban J connectivity index is 2.21. The molecule has 0 bridgehead atoms. The van der Waals surface area contributed by atoms with Crippen molar-refractivity contribution >= 4 is 5.91 Å². The van der Waals surface area contributed by atoms with E-state index in [1.165, 1.54) is 18.4 Å². The molecule has 1 amide bonds. The molecule has 1 aromatic heterocycles. The molecule has 0 aromatic carbocycles. The third-order valence-corrected chi connectivity index (χ3v) is 3.57. The molecule has 1 aliphatic heterocycles. The molecule has 2 heterocycles. The second-order valence-electron chi connectivity index (χ2n) is 4.76. The predicted molar refractivity (Wildman–Crippen MR) is 67.3 cm³/mol. The normalized spacial score (nSPS) is 24.0. The molecule has 98 valence electrons. The summed E-state index contributed by atoms with van der Waals surface area (Å²) in [5, 5.41) is 0. The van der Waals surface area contributed by atoms with E-state index < -0.39 is 5.63 Å². The van der Waals surface area contributed by atoms with E-state index in [-0.39, 0.29) is 11.9 Å². The van der Waals surface area contributed by atoms with E-state index in [1.54, 1.807) is 4.90 Å². The van der Waals surface area contributed by atoms with Crippen LogP contribution >= 0.6 is 0 Å². The first kappa shape index (κ1) is 12.8. The van der Waals surface area contributed by atoms with Crippen LogP contribution in [0, 0.1) is 5.92 Å². The number of carbonyl (C=O) groups excluding carboxylic acids is 1. The standard InChI is InChI=1S/C13H18N2O3/c1-9-3-2-6-15(11(9)7-14)13(17)10-4-5-12(16)18-8-10/h4-5,8-9,11H,2-3,6-7,14H2,1H3. The highest BCUT2D eigenvalue weighted by Gasteiger charge is 2.31. The van der Waals surface area contributed by atoms with Crippen molar-refractivity contribution in [1.82, 2.24) is 4.90 Å². The average molecular weight is 250 g/mol. The van der Waals surface area contributed by atoms with Gasteiger partial charge in [0.05, 0.1) is 5.56 Å². The van der Waals surface area contributed by atoms with E-state index in [9.17, 15) is 9.59 Å². The lowest BCUT2D eigenvalue weighted by Gasteiger charge is -2.39. The zero-order valence-corrected chi connectivity index (χ0v) is 10.5. The Bertz CT molecular complexity index is 463. The van der Waals surface area contributed by atoms with Crippen molar-refractivity contribution in [3.63, 3.8) is 0 Å². The number of carbonyl (C=O) groups is 1. The highest BCUT2D eigenvalue weighted by molar-refractivity contribution is 5.94. The Hall–Kier alpha value is -1.62. The lowest BCUT2D eigenvalue weighted by Crippen LogP contribution is -2.51. The fourth-order valence-electron chi connectivity index (χ4n) is 2.51. The fraction of sp³-hybridized carbons (Fsp3) is 0.538. The number of likely N-dealkylation sites (tertiary alicyclic amines) is 1. The van der Waals surface area contributed by atoms with Gasteiger partial charge in [0, 0.05) is 25.2 Å². The van der Waals surface area contributed by atoms with Crippen LogP contribution in [-0.2, 0) is 0 Å². The van der Waals surface area contributed by atoms with Gasteiger partial charge in [0.2, 0.25) is 0 Å². The molecule has 1 aromatic rings. The van der Waals surface area contributed by atoms with Gasteiger partial charge in [-0.2, -0.15) is 0 Å². The van der Waals surface area contributed by atoms with Gasteiger partial charge in [0.1, 0.15) is 6.26 Å². The van der Waals surface area contributed by atoms with Gasteiger partial charge < -0.3 is 15.1 Å². The Morgan fingerprint density at radius 2 is 2.33 bits per heavy atom. The highest BCUT2D eigenvalue weighted by atomic mass is 16.4. The van der Waals surface area contributed by atoms with Gasteiger partial charge in [0.25, 0.3) is 5.91 Å². The zero-order chi connectivity index (χ0) is 13.1. The van der Waals surface area contributed by atoms with Gasteiger partial charge in [0.15, 0.2) is 0 Å². The molecular weight excluding hydrogens is 232 g/mol. The molecule has 1 fully saturated rings. The van der Waals surface area contributed by atoms with Gasteiger partial charge in [-0.15, -0.1) is 0 Å². The monoisotopic (exact) mass is 250 g/mol. The van der Waals surface area contributed by atoms with E-state index in [0.29, 0.717) is 24.6 Å². The van der Waals surface area contributed by atoms with Gasteiger partial charge >= 0.3 is 5.63 Å². The summed E-state index contributed by atoms with van der Waals surface area (Å²) in [7, 11) is 0. The summed E-state index contributed by atoms with van der Waals surface area (Å²) in [4.78, 5) is 25.0. The summed E-state index contributed by atoms with van der Waals surface area (Å²) in [5.41, 5.74) is 5.71. The summed E-state index contributed by atoms with van der Waals surface area (Å²) < 4.78 is 4.73. The average Bonchev–Trinajstić information content (AvgIpc) is 2.38. The largest absolute Gasteiger partial charge is 0.430 e. The van der Waals surface area contributed by atoms with Crippen LogP contribution in [0.1, 0.15) is 30.1 Å². The third kappa shape index (κ3) is 2.46. The van der Waals surface area contributed by atoms with E-state index >= 15 is 0 Å². The first-order valence-electron chi connectivity index (χ1n) is 6.23. The molecule has 0 radical (unpaired) electrons. The van der Waals surface area contributed by atoms with Crippen LogP contribution in [0.4, 0.5) is 0 Å². The van der Waals surface area contributed by atoms with Crippen molar-refractivity contribution in [3.05, 3.63) is 34.4 Å².